The molecule has 10 heteroatoms. The van der Waals surface area contributed by atoms with Crippen LogP contribution in [-0.2, 0) is 0 Å². The number of nitrogens with one attached hydrogen (secondary N) is 1. The van der Waals surface area contributed by atoms with Gasteiger partial charge < -0.3 is 5.32 Å². The van der Waals surface area contributed by atoms with Crippen molar-refractivity contribution in [2.24, 2.45) is 0 Å². The van der Waals surface area contributed by atoms with Gasteiger partial charge in [-0.3, -0.25) is 9.88 Å². The number of pyridine rings is 1. The topological polar surface area (TPSA) is 28.2 Å². The van der Waals surface area contributed by atoms with Crippen LogP contribution >= 0.6 is 48.0 Å². The van der Waals surface area contributed by atoms with Crippen molar-refractivity contribution in [1.82, 2.24) is 15.2 Å². The van der Waals surface area contributed by atoms with Crippen LogP contribution in [-0.4, -0.2) is 42.2 Å². The molecule has 1 atom stereocenters. The van der Waals surface area contributed by atoms with Crippen molar-refractivity contribution < 1.29 is 13.2 Å². The number of nitrogens with zero attached hydrogens (tertiary/aromatic N) is 2. The van der Waals surface area contributed by atoms with E-state index >= 15 is 0 Å². The molecule has 128 valence electrons. The fraction of sp³-hybridized carbons (Fsp3) is 0.583. The molecular weight excluding hydrogens is 385 g/mol. The standard InChI is InChI=1S/C12H14Cl2F3N3.2ClH/c13-8-6-19-7-9(14)11(8)10(5-12(15,16)17)20-3-1-18-2-4-20;;/h6-7,10,18H,1-5H2;2*1H/t10-;;/m1../s1. The Morgan fingerprint density at radius 2 is 1.64 bits per heavy atom. The molecule has 0 unspecified atom stereocenters. The summed E-state index contributed by atoms with van der Waals surface area (Å²) in [5.74, 6) is 0. The predicted octanol–water partition coefficient (Wildman–Crippen LogP) is 4.13. The predicted molar refractivity (Wildman–Crippen MR) is 86.6 cm³/mol. The average Bonchev–Trinajstić information content (AvgIpc) is 2.37. The molecule has 0 saturated carbocycles. The summed E-state index contributed by atoms with van der Waals surface area (Å²) in [6.45, 7) is 2.34. The largest absolute Gasteiger partial charge is 0.390 e. The monoisotopic (exact) mass is 399 g/mol. The van der Waals surface area contributed by atoms with E-state index in [1.165, 1.54) is 12.4 Å². The van der Waals surface area contributed by atoms with Gasteiger partial charge in [-0.15, -0.1) is 24.8 Å². The Hall–Kier alpha value is 0.0200. The van der Waals surface area contributed by atoms with E-state index in [9.17, 15) is 13.2 Å². The van der Waals surface area contributed by atoms with Crippen LogP contribution in [0.1, 0.15) is 18.0 Å². The van der Waals surface area contributed by atoms with Crippen LogP contribution in [0.5, 0.6) is 0 Å². The van der Waals surface area contributed by atoms with Crippen molar-refractivity contribution in [1.29, 1.82) is 0 Å². The quantitative estimate of drug-likeness (QED) is 0.826. The molecule has 0 aromatic carbocycles. The van der Waals surface area contributed by atoms with E-state index in [-0.39, 0.29) is 34.9 Å². The van der Waals surface area contributed by atoms with Gasteiger partial charge in [-0.2, -0.15) is 13.2 Å². The van der Waals surface area contributed by atoms with E-state index < -0.39 is 18.6 Å². The molecule has 1 fully saturated rings. The molecule has 1 saturated heterocycles. The number of piperazine rings is 1. The van der Waals surface area contributed by atoms with Gasteiger partial charge in [-0.1, -0.05) is 23.2 Å². The van der Waals surface area contributed by atoms with Crippen molar-refractivity contribution in [3.63, 3.8) is 0 Å². The van der Waals surface area contributed by atoms with Crippen LogP contribution in [0.25, 0.3) is 0 Å². The Kier molecular flexibility index (Phi) is 9.36. The third kappa shape index (κ3) is 5.91. The molecule has 1 aliphatic heterocycles. The zero-order chi connectivity index (χ0) is 14.8. The molecule has 0 amide bonds. The van der Waals surface area contributed by atoms with Gasteiger partial charge in [-0.05, 0) is 0 Å². The third-order valence-electron chi connectivity index (χ3n) is 3.24. The van der Waals surface area contributed by atoms with Crippen LogP contribution in [0.3, 0.4) is 0 Å². The highest BCUT2D eigenvalue weighted by molar-refractivity contribution is 6.35. The summed E-state index contributed by atoms with van der Waals surface area (Å²) in [6, 6.07) is -0.875. The van der Waals surface area contributed by atoms with Gasteiger partial charge in [0.2, 0.25) is 0 Å². The van der Waals surface area contributed by atoms with Crippen LogP contribution in [0.4, 0.5) is 13.2 Å². The molecule has 22 heavy (non-hydrogen) atoms. The smallest absolute Gasteiger partial charge is 0.314 e. The Labute approximate surface area is 149 Å². The lowest BCUT2D eigenvalue weighted by molar-refractivity contribution is -0.148. The lowest BCUT2D eigenvalue weighted by atomic mass is 10.0. The van der Waals surface area contributed by atoms with E-state index in [1.807, 2.05) is 0 Å². The molecule has 1 aliphatic rings. The number of alkyl halides is 3. The first-order valence-corrected chi connectivity index (χ1v) is 6.94. The van der Waals surface area contributed by atoms with Crippen LogP contribution in [0, 0.1) is 0 Å². The summed E-state index contributed by atoms with van der Waals surface area (Å²) in [6.07, 6.45) is -2.61. The van der Waals surface area contributed by atoms with E-state index in [2.05, 4.69) is 10.3 Å². The highest BCUT2D eigenvalue weighted by atomic mass is 35.5. The SMILES string of the molecule is Cl.Cl.FC(F)(F)C[C@H](c1c(Cl)cncc1Cl)N1CCNCC1. The number of hydrogen-bond donors (Lipinski definition) is 1. The fourth-order valence-corrected chi connectivity index (χ4v) is 2.98. The van der Waals surface area contributed by atoms with E-state index in [0.29, 0.717) is 31.7 Å². The summed E-state index contributed by atoms with van der Waals surface area (Å²) in [4.78, 5) is 5.55. The fourth-order valence-electron chi connectivity index (χ4n) is 2.37. The minimum Gasteiger partial charge on any atom is -0.314 e. The highest BCUT2D eigenvalue weighted by Gasteiger charge is 2.37. The molecule has 0 radical (unpaired) electrons. The minimum absolute atomic E-state index is 0. The van der Waals surface area contributed by atoms with Gasteiger partial charge in [0.15, 0.2) is 0 Å². The summed E-state index contributed by atoms with van der Waals surface area (Å²) in [5.41, 5.74) is 0.308. The summed E-state index contributed by atoms with van der Waals surface area (Å²) in [5, 5.41) is 3.45. The molecular formula is C12H16Cl4F3N3. The molecule has 3 nitrogen and oxygen atoms in total. The average molecular weight is 401 g/mol. The molecule has 1 aromatic heterocycles. The van der Waals surface area contributed by atoms with Gasteiger partial charge in [0.1, 0.15) is 0 Å². The summed E-state index contributed by atoms with van der Waals surface area (Å²) < 4.78 is 38.6. The van der Waals surface area contributed by atoms with Crippen LogP contribution in [0.15, 0.2) is 12.4 Å². The second kappa shape index (κ2) is 9.35. The first kappa shape index (κ1) is 22.0. The molecule has 0 spiro atoms. The van der Waals surface area contributed by atoms with Crippen LogP contribution in [0.2, 0.25) is 10.0 Å². The van der Waals surface area contributed by atoms with E-state index in [0.717, 1.165) is 0 Å². The van der Waals surface area contributed by atoms with Crippen molar-refractivity contribution in [2.45, 2.75) is 18.6 Å². The van der Waals surface area contributed by atoms with E-state index in [1.54, 1.807) is 4.90 Å². The maximum Gasteiger partial charge on any atom is 0.390 e. The number of hydrogen-bond acceptors (Lipinski definition) is 3. The first-order chi connectivity index (χ1) is 9.38. The lowest BCUT2D eigenvalue weighted by Gasteiger charge is -2.36. The Bertz CT molecular complexity index is 447. The number of aromatic nitrogens is 1. The second-order valence-corrected chi connectivity index (χ2v) is 5.45. The lowest BCUT2D eigenvalue weighted by Crippen LogP contribution is -2.46. The molecule has 1 aromatic rings. The normalized spacial score (nSPS) is 17.3. The molecule has 2 rings (SSSR count). The van der Waals surface area contributed by atoms with Crippen LogP contribution < -0.4 is 5.32 Å². The maximum atomic E-state index is 12.9. The Balaban J connectivity index is 0.00000220. The van der Waals surface area contributed by atoms with Gasteiger partial charge in [0, 0.05) is 50.2 Å². The maximum absolute atomic E-state index is 12.9. The zero-order valence-corrected chi connectivity index (χ0v) is 14.5. The number of halogens is 7. The van der Waals surface area contributed by atoms with Crippen molar-refractivity contribution in [3.05, 3.63) is 28.0 Å². The van der Waals surface area contributed by atoms with Gasteiger partial charge in [0.05, 0.1) is 16.5 Å². The third-order valence-corrected chi connectivity index (χ3v) is 3.84. The summed E-state index contributed by atoms with van der Waals surface area (Å²) >= 11 is 12.0. The van der Waals surface area contributed by atoms with Crippen molar-refractivity contribution in [2.75, 3.05) is 26.2 Å². The molecule has 0 aliphatic carbocycles. The first-order valence-electron chi connectivity index (χ1n) is 6.19. The van der Waals surface area contributed by atoms with Gasteiger partial charge in [-0.25, -0.2) is 0 Å². The minimum atomic E-state index is -4.29. The molecule has 0 bridgehead atoms. The van der Waals surface area contributed by atoms with Gasteiger partial charge in [0.25, 0.3) is 0 Å². The van der Waals surface area contributed by atoms with Crippen molar-refractivity contribution in [3.8, 4) is 0 Å². The van der Waals surface area contributed by atoms with Crippen molar-refractivity contribution >= 4 is 48.0 Å². The zero-order valence-electron chi connectivity index (χ0n) is 11.4. The second-order valence-electron chi connectivity index (χ2n) is 4.64. The van der Waals surface area contributed by atoms with Gasteiger partial charge >= 0.3 is 6.18 Å². The Morgan fingerprint density at radius 3 is 2.09 bits per heavy atom. The summed E-state index contributed by atoms with van der Waals surface area (Å²) in [7, 11) is 0. The number of rotatable bonds is 3. The molecule has 2 heterocycles. The highest BCUT2D eigenvalue weighted by Crippen LogP contribution is 2.39. The molecule has 1 N–H and O–H groups in total. The Morgan fingerprint density at radius 1 is 1.14 bits per heavy atom. The van der Waals surface area contributed by atoms with E-state index in [4.69, 9.17) is 23.2 Å².